The molecule has 26 heavy (non-hydrogen) atoms. The maximum Gasteiger partial charge on any atom is 0.227 e. The number of nitrogens with one attached hydrogen (secondary N) is 2. The van der Waals surface area contributed by atoms with Crippen molar-refractivity contribution in [3.05, 3.63) is 52.2 Å². The van der Waals surface area contributed by atoms with Crippen LogP contribution < -0.4 is 10.6 Å². The van der Waals surface area contributed by atoms with Crippen molar-refractivity contribution in [3.63, 3.8) is 0 Å². The lowest BCUT2D eigenvalue weighted by Crippen LogP contribution is -2.24. The smallest absolute Gasteiger partial charge is 0.227 e. The van der Waals surface area contributed by atoms with Gasteiger partial charge in [0.05, 0.1) is 13.0 Å². The lowest BCUT2D eigenvalue weighted by atomic mass is 9.97. The minimum atomic E-state index is 0.00106. The molecule has 2 amide bonds. The lowest BCUT2D eigenvalue weighted by Gasteiger charge is -2.15. The second kappa shape index (κ2) is 10.8. The van der Waals surface area contributed by atoms with Crippen molar-refractivity contribution in [1.82, 2.24) is 5.32 Å². The van der Waals surface area contributed by atoms with Gasteiger partial charge in [0.15, 0.2) is 0 Å². The van der Waals surface area contributed by atoms with Gasteiger partial charge in [0.25, 0.3) is 0 Å². The highest BCUT2D eigenvalue weighted by Gasteiger charge is 2.16. The van der Waals surface area contributed by atoms with Crippen LogP contribution in [0.3, 0.4) is 0 Å². The van der Waals surface area contributed by atoms with Gasteiger partial charge < -0.3 is 10.6 Å². The topological polar surface area (TPSA) is 58.2 Å². The molecule has 0 bridgehead atoms. The second-order valence-electron chi connectivity index (χ2n) is 6.49. The number of carbonyl (C=O) groups is 2. The van der Waals surface area contributed by atoms with E-state index in [1.54, 1.807) is 11.3 Å². The van der Waals surface area contributed by atoms with Crippen LogP contribution in [0.1, 0.15) is 50.0 Å². The first kappa shape index (κ1) is 20.2. The Bertz CT molecular complexity index is 675. The van der Waals surface area contributed by atoms with E-state index in [-0.39, 0.29) is 17.7 Å². The van der Waals surface area contributed by atoms with E-state index in [4.69, 9.17) is 0 Å². The molecule has 4 nitrogen and oxygen atoms in total. The van der Waals surface area contributed by atoms with Gasteiger partial charge in [-0.3, -0.25) is 9.59 Å². The summed E-state index contributed by atoms with van der Waals surface area (Å²) in [6, 6.07) is 11.5. The molecule has 0 spiro atoms. The van der Waals surface area contributed by atoms with Gasteiger partial charge in [0.1, 0.15) is 0 Å². The Morgan fingerprint density at radius 1 is 1.04 bits per heavy atom. The highest BCUT2D eigenvalue weighted by molar-refractivity contribution is 7.09. The fraction of sp³-hybridized carbons (Fsp3) is 0.429. The van der Waals surface area contributed by atoms with Gasteiger partial charge in [-0.25, -0.2) is 0 Å². The fourth-order valence-electron chi connectivity index (χ4n) is 2.90. The molecule has 0 saturated heterocycles. The second-order valence-corrected chi connectivity index (χ2v) is 7.53. The zero-order chi connectivity index (χ0) is 18.8. The van der Waals surface area contributed by atoms with Crippen LogP contribution in [0.15, 0.2) is 41.8 Å². The molecule has 0 aliphatic heterocycles. The molecule has 1 heterocycles. The third kappa shape index (κ3) is 6.64. The van der Waals surface area contributed by atoms with Crippen molar-refractivity contribution in [2.75, 3.05) is 5.32 Å². The van der Waals surface area contributed by atoms with E-state index in [2.05, 4.69) is 24.5 Å². The fourth-order valence-corrected chi connectivity index (χ4v) is 3.55. The number of rotatable bonds is 10. The maximum absolute atomic E-state index is 12.4. The van der Waals surface area contributed by atoms with Gasteiger partial charge >= 0.3 is 0 Å². The van der Waals surface area contributed by atoms with E-state index in [1.165, 1.54) is 0 Å². The first-order valence-corrected chi connectivity index (χ1v) is 10.2. The largest absolute Gasteiger partial charge is 0.351 e. The molecule has 0 aliphatic rings. The highest BCUT2D eigenvalue weighted by Crippen LogP contribution is 2.17. The van der Waals surface area contributed by atoms with Crippen molar-refractivity contribution in [2.24, 2.45) is 5.92 Å². The van der Waals surface area contributed by atoms with Crippen LogP contribution in [0, 0.1) is 5.92 Å². The molecule has 0 radical (unpaired) electrons. The Balaban J connectivity index is 1.83. The minimum absolute atomic E-state index is 0.00106. The normalized spacial score (nSPS) is 10.7. The molecule has 0 atom stereocenters. The van der Waals surface area contributed by atoms with E-state index in [1.807, 2.05) is 41.8 Å². The monoisotopic (exact) mass is 372 g/mol. The number of thiophene rings is 1. The van der Waals surface area contributed by atoms with Gasteiger partial charge in [-0.05, 0) is 42.0 Å². The van der Waals surface area contributed by atoms with Crippen molar-refractivity contribution >= 4 is 28.8 Å². The molecule has 140 valence electrons. The first-order chi connectivity index (χ1) is 12.6. The van der Waals surface area contributed by atoms with Crippen LogP contribution in [0.4, 0.5) is 5.69 Å². The molecule has 5 heteroatoms. The number of hydrogen-bond donors (Lipinski definition) is 2. The van der Waals surface area contributed by atoms with E-state index < -0.39 is 0 Å². The summed E-state index contributed by atoms with van der Waals surface area (Å²) >= 11 is 1.63. The van der Waals surface area contributed by atoms with E-state index in [0.29, 0.717) is 13.0 Å². The number of benzene rings is 1. The third-order valence-electron chi connectivity index (χ3n) is 4.27. The first-order valence-electron chi connectivity index (χ1n) is 9.31. The molecule has 0 aliphatic carbocycles. The van der Waals surface area contributed by atoms with Gasteiger partial charge in [-0.15, -0.1) is 11.3 Å². The molecule has 0 unspecified atom stereocenters. The van der Waals surface area contributed by atoms with Crippen molar-refractivity contribution in [3.8, 4) is 0 Å². The summed E-state index contributed by atoms with van der Waals surface area (Å²) in [7, 11) is 0. The Hall–Kier alpha value is -2.14. The number of anilines is 1. The SMILES string of the molecule is CCCC(CCC)C(=O)Nc1ccc(CC(=O)NCc2cccs2)cc1. The molecule has 1 aromatic carbocycles. The summed E-state index contributed by atoms with van der Waals surface area (Å²) in [6.07, 6.45) is 4.20. The summed E-state index contributed by atoms with van der Waals surface area (Å²) in [5.74, 6) is 0.170. The predicted octanol–water partition coefficient (Wildman–Crippen LogP) is 4.76. The van der Waals surface area contributed by atoms with Gasteiger partial charge in [0, 0.05) is 16.5 Å². The summed E-state index contributed by atoms with van der Waals surface area (Å²) in [5, 5.41) is 7.92. The average Bonchev–Trinajstić information content (AvgIpc) is 3.15. The molecular formula is C21H28N2O2S. The Morgan fingerprint density at radius 3 is 2.31 bits per heavy atom. The van der Waals surface area contributed by atoms with Crippen LogP contribution in [0.2, 0.25) is 0 Å². The quantitative estimate of drug-likeness (QED) is 0.631. The number of amides is 2. The summed E-state index contributed by atoms with van der Waals surface area (Å²) < 4.78 is 0. The van der Waals surface area contributed by atoms with Gasteiger partial charge in [-0.2, -0.15) is 0 Å². The van der Waals surface area contributed by atoms with Crippen molar-refractivity contribution < 1.29 is 9.59 Å². The van der Waals surface area contributed by atoms with Crippen LogP contribution in [-0.4, -0.2) is 11.8 Å². The lowest BCUT2D eigenvalue weighted by molar-refractivity contribution is -0.121. The van der Waals surface area contributed by atoms with Crippen LogP contribution in [0.5, 0.6) is 0 Å². The Morgan fingerprint density at radius 2 is 1.73 bits per heavy atom. The predicted molar refractivity (Wildman–Crippen MR) is 108 cm³/mol. The molecule has 0 saturated carbocycles. The van der Waals surface area contributed by atoms with E-state index in [9.17, 15) is 9.59 Å². The van der Waals surface area contributed by atoms with Crippen LogP contribution in [0.25, 0.3) is 0 Å². The standard InChI is InChI=1S/C21H28N2O2S/c1-3-6-17(7-4-2)21(25)23-18-11-9-16(10-12-18)14-20(24)22-15-19-8-5-13-26-19/h5,8-13,17H,3-4,6-7,14-15H2,1-2H3,(H,22,24)(H,23,25). The highest BCUT2D eigenvalue weighted by atomic mass is 32.1. The van der Waals surface area contributed by atoms with Crippen molar-refractivity contribution in [1.29, 1.82) is 0 Å². The van der Waals surface area contributed by atoms with Crippen LogP contribution in [-0.2, 0) is 22.6 Å². The number of carbonyl (C=O) groups excluding carboxylic acids is 2. The minimum Gasteiger partial charge on any atom is -0.351 e. The summed E-state index contributed by atoms with van der Waals surface area (Å²) in [6.45, 7) is 4.78. The maximum atomic E-state index is 12.4. The third-order valence-corrected chi connectivity index (χ3v) is 5.15. The Labute approximate surface area is 160 Å². The van der Waals surface area contributed by atoms with E-state index in [0.717, 1.165) is 41.8 Å². The number of hydrogen-bond acceptors (Lipinski definition) is 3. The molecular weight excluding hydrogens is 344 g/mol. The molecule has 0 fully saturated rings. The van der Waals surface area contributed by atoms with E-state index >= 15 is 0 Å². The molecule has 2 N–H and O–H groups in total. The molecule has 2 aromatic rings. The van der Waals surface area contributed by atoms with Gasteiger partial charge in [-0.1, -0.05) is 44.9 Å². The molecule has 1 aromatic heterocycles. The summed E-state index contributed by atoms with van der Waals surface area (Å²) in [4.78, 5) is 25.5. The zero-order valence-corrected chi connectivity index (χ0v) is 16.4. The summed E-state index contributed by atoms with van der Waals surface area (Å²) in [5.41, 5.74) is 1.72. The average molecular weight is 373 g/mol. The van der Waals surface area contributed by atoms with Crippen molar-refractivity contribution in [2.45, 2.75) is 52.5 Å². The molecule has 2 rings (SSSR count). The van der Waals surface area contributed by atoms with Crippen LogP contribution >= 0.6 is 11.3 Å². The van der Waals surface area contributed by atoms with Gasteiger partial charge in [0.2, 0.25) is 11.8 Å². The Kier molecular flexibility index (Phi) is 8.35. The zero-order valence-electron chi connectivity index (χ0n) is 15.6.